The van der Waals surface area contributed by atoms with Crippen LogP contribution in [0.4, 0.5) is 0 Å². The zero-order valence-corrected chi connectivity index (χ0v) is 10.8. The fourth-order valence-electron chi connectivity index (χ4n) is 2.52. The van der Waals surface area contributed by atoms with Crippen molar-refractivity contribution in [3.05, 3.63) is 24.2 Å². The largest absolute Gasteiger partial charge is 0.469 e. The van der Waals surface area contributed by atoms with Crippen molar-refractivity contribution in [2.45, 2.75) is 31.7 Å². The van der Waals surface area contributed by atoms with Crippen molar-refractivity contribution in [1.82, 2.24) is 10.2 Å². The Morgan fingerprint density at radius 1 is 1.37 bits per heavy atom. The highest BCUT2D eigenvalue weighted by Crippen LogP contribution is 2.34. The van der Waals surface area contributed by atoms with Gasteiger partial charge in [0.25, 0.3) is 0 Å². The Hall–Kier alpha value is -1.78. The summed E-state index contributed by atoms with van der Waals surface area (Å²) in [5.41, 5.74) is 0. The van der Waals surface area contributed by atoms with Gasteiger partial charge in [-0.15, -0.1) is 0 Å². The number of nitrogens with one attached hydrogen (secondary N) is 1. The summed E-state index contributed by atoms with van der Waals surface area (Å²) in [5.74, 6) is 1.28. The highest BCUT2D eigenvalue weighted by molar-refractivity contribution is 5.90. The summed E-state index contributed by atoms with van der Waals surface area (Å²) in [6.07, 6.45) is 4.82. The average molecular weight is 262 g/mol. The van der Waals surface area contributed by atoms with Crippen LogP contribution in [0.2, 0.25) is 0 Å². The normalized spacial score (nSPS) is 24.2. The van der Waals surface area contributed by atoms with Crippen LogP contribution in [0.1, 0.15) is 25.0 Å². The molecule has 5 nitrogen and oxygen atoms in total. The van der Waals surface area contributed by atoms with Crippen LogP contribution in [0.5, 0.6) is 0 Å². The molecule has 1 N–H and O–H groups in total. The summed E-state index contributed by atoms with van der Waals surface area (Å²) in [6.45, 7) is 1.12. The molecule has 1 saturated carbocycles. The summed E-state index contributed by atoms with van der Waals surface area (Å²) in [6, 6.07) is 3.45. The molecule has 1 aliphatic heterocycles. The molecule has 1 atom stereocenters. The quantitative estimate of drug-likeness (QED) is 0.878. The first-order chi connectivity index (χ1) is 9.24. The zero-order valence-electron chi connectivity index (χ0n) is 10.8. The third-order valence-electron chi connectivity index (χ3n) is 3.80. The summed E-state index contributed by atoms with van der Waals surface area (Å²) in [7, 11) is 0. The first-order valence-corrected chi connectivity index (χ1v) is 6.84. The Balaban J connectivity index is 1.65. The van der Waals surface area contributed by atoms with Crippen LogP contribution in [0.3, 0.4) is 0 Å². The summed E-state index contributed by atoms with van der Waals surface area (Å²) < 4.78 is 5.28. The monoisotopic (exact) mass is 262 g/mol. The molecule has 0 radical (unpaired) electrons. The minimum atomic E-state index is -0.299. The van der Waals surface area contributed by atoms with Crippen molar-refractivity contribution in [1.29, 1.82) is 0 Å². The van der Waals surface area contributed by atoms with Crippen LogP contribution < -0.4 is 5.32 Å². The van der Waals surface area contributed by atoms with E-state index in [1.54, 1.807) is 11.2 Å². The lowest BCUT2D eigenvalue weighted by Crippen LogP contribution is -2.46. The van der Waals surface area contributed by atoms with Crippen molar-refractivity contribution in [3.63, 3.8) is 0 Å². The van der Waals surface area contributed by atoms with E-state index in [0.29, 0.717) is 31.8 Å². The molecule has 2 fully saturated rings. The van der Waals surface area contributed by atoms with Crippen molar-refractivity contribution in [2.24, 2.45) is 5.92 Å². The van der Waals surface area contributed by atoms with E-state index in [4.69, 9.17) is 4.42 Å². The van der Waals surface area contributed by atoms with E-state index >= 15 is 0 Å². The van der Waals surface area contributed by atoms with Crippen molar-refractivity contribution >= 4 is 11.8 Å². The second-order valence-electron chi connectivity index (χ2n) is 5.29. The smallest absolute Gasteiger partial charge is 0.245 e. The van der Waals surface area contributed by atoms with Crippen LogP contribution in [0.25, 0.3) is 0 Å². The Labute approximate surface area is 111 Å². The van der Waals surface area contributed by atoms with Crippen LogP contribution in [0.15, 0.2) is 22.8 Å². The van der Waals surface area contributed by atoms with Gasteiger partial charge in [0.1, 0.15) is 11.8 Å². The molecule has 3 rings (SSSR count). The first-order valence-electron chi connectivity index (χ1n) is 6.84. The van der Waals surface area contributed by atoms with Gasteiger partial charge in [0, 0.05) is 25.9 Å². The van der Waals surface area contributed by atoms with Gasteiger partial charge in [0.15, 0.2) is 0 Å². The van der Waals surface area contributed by atoms with Crippen LogP contribution in [-0.4, -0.2) is 35.8 Å². The van der Waals surface area contributed by atoms with Gasteiger partial charge in [-0.1, -0.05) is 0 Å². The lowest BCUT2D eigenvalue weighted by atomic mass is 10.1. The SMILES string of the molecule is O=C1CCN(CCc2ccco2)C(=O)C(C2CC2)N1. The molecule has 0 bridgehead atoms. The molecule has 19 heavy (non-hydrogen) atoms. The van der Waals surface area contributed by atoms with E-state index in [1.807, 2.05) is 12.1 Å². The van der Waals surface area contributed by atoms with Gasteiger partial charge < -0.3 is 14.6 Å². The number of carbonyl (C=O) groups excluding carboxylic acids is 2. The first kappa shape index (κ1) is 12.3. The molecule has 1 aromatic rings. The van der Waals surface area contributed by atoms with E-state index in [2.05, 4.69) is 5.32 Å². The topological polar surface area (TPSA) is 62.6 Å². The van der Waals surface area contributed by atoms with E-state index in [9.17, 15) is 9.59 Å². The van der Waals surface area contributed by atoms with Gasteiger partial charge in [-0.3, -0.25) is 9.59 Å². The van der Waals surface area contributed by atoms with Crippen molar-refractivity contribution in [3.8, 4) is 0 Å². The van der Waals surface area contributed by atoms with Crippen LogP contribution in [0, 0.1) is 5.92 Å². The molecule has 1 aliphatic carbocycles. The Bertz CT molecular complexity index is 465. The molecule has 0 aromatic carbocycles. The van der Waals surface area contributed by atoms with Gasteiger partial charge in [0.05, 0.1) is 6.26 Å². The van der Waals surface area contributed by atoms with Crippen LogP contribution in [-0.2, 0) is 16.0 Å². The Morgan fingerprint density at radius 2 is 2.21 bits per heavy atom. The van der Waals surface area contributed by atoms with E-state index in [1.165, 1.54) is 0 Å². The minimum Gasteiger partial charge on any atom is -0.469 e. The minimum absolute atomic E-state index is 0.00857. The van der Waals surface area contributed by atoms with Crippen molar-refractivity contribution < 1.29 is 14.0 Å². The van der Waals surface area contributed by atoms with Gasteiger partial charge in [-0.2, -0.15) is 0 Å². The fraction of sp³-hybridized carbons (Fsp3) is 0.571. The second-order valence-corrected chi connectivity index (χ2v) is 5.29. The summed E-state index contributed by atoms with van der Waals surface area (Å²) in [4.78, 5) is 25.8. The third kappa shape index (κ3) is 2.80. The zero-order chi connectivity index (χ0) is 13.2. The third-order valence-corrected chi connectivity index (χ3v) is 3.80. The van der Waals surface area contributed by atoms with Gasteiger partial charge in [0.2, 0.25) is 11.8 Å². The Kier molecular flexibility index (Phi) is 3.27. The molecule has 102 valence electrons. The maximum absolute atomic E-state index is 12.4. The van der Waals surface area contributed by atoms with E-state index < -0.39 is 0 Å². The predicted octanol–water partition coefficient (Wildman–Crippen LogP) is 0.949. The van der Waals surface area contributed by atoms with E-state index in [0.717, 1.165) is 18.6 Å². The van der Waals surface area contributed by atoms with Crippen molar-refractivity contribution in [2.75, 3.05) is 13.1 Å². The number of nitrogens with zero attached hydrogens (tertiary/aromatic N) is 1. The lowest BCUT2D eigenvalue weighted by molar-refractivity contribution is -0.134. The number of furan rings is 1. The molecule has 2 aliphatic rings. The molecular weight excluding hydrogens is 244 g/mol. The fourth-order valence-corrected chi connectivity index (χ4v) is 2.52. The summed E-state index contributed by atoms with van der Waals surface area (Å²) in [5, 5.41) is 2.86. The molecule has 1 aromatic heterocycles. The average Bonchev–Trinajstić information content (AvgIpc) is 3.13. The molecule has 2 amide bonds. The summed E-state index contributed by atoms with van der Waals surface area (Å²) >= 11 is 0. The maximum Gasteiger partial charge on any atom is 0.245 e. The standard InChI is InChI=1S/C14H18N2O3/c17-12-6-8-16(7-5-11-2-1-9-19-11)14(18)13(15-12)10-3-4-10/h1-2,9-10,13H,3-8H2,(H,15,17). The molecule has 1 unspecified atom stereocenters. The molecular formula is C14H18N2O3. The van der Waals surface area contributed by atoms with E-state index in [-0.39, 0.29) is 17.9 Å². The number of carbonyl (C=O) groups is 2. The Morgan fingerprint density at radius 3 is 2.89 bits per heavy atom. The molecule has 0 spiro atoms. The van der Waals surface area contributed by atoms with Gasteiger partial charge >= 0.3 is 0 Å². The highest BCUT2D eigenvalue weighted by atomic mass is 16.3. The number of rotatable bonds is 4. The predicted molar refractivity (Wildman–Crippen MR) is 68.3 cm³/mol. The molecule has 1 saturated heterocycles. The lowest BCUT2D eigenvalue weighted by Gasteiger charge is -2.23. The highest BCUT2D eigenvalue weighted by Gasteiger charge is 2.40. The van der Waals surface area contributed by atoms with Crippen LogP contribution >= 0.6 is 0 Å². The number of hydrogen-bond donors (Lipinski definition) is 1. The second kappa shape index (κ2) is 5.07. The maximum atomic E-state index is 12.4. The number of amides is 2. The molecule has 2 heterocycles. The van der Waals surface area contributed by atoms with Gasteiger partial charge in [-0.05, 0) is 30.9 Å². The number of hydrogen-bond acceptors (Lipinski definition) is 3. The van der Waals surface area contributed by atoms with Gasteiger partial charge in [-0.25, -0.2) is 0 Å². The molecule has 5 heteroatoms.